The van der Waals surface area contributed by atoms with Crippen molar-refractivity contribution >= 4 is 0 Å². The van der Waals surface area contributed by atoms with Crippen molar-refractivity contribution in [1.29, 1.82) is 0 Å². The van der Waals surface area contributed by atoms with Gasteiger partial charge in [0.05, 0.1) is 0 Å². The van der Waals surface area contributed by atoms with E-state index in [4.69, 9.17) is 0 Å². The topological polar surface area (TPSA) is 0 Å². The van der Waals surface area contributed by atoms with E-state index in [-0.39, 0.29) is 0 Å². The Morgan fingerprint density at radius 1 is 0.700 bits per heavy atom. The summed E-state index contributed by atoms with van der Waals surface area (Å²) in [6, 6.07) is 16.6. The third-order valence-corrected chi connectivity index (χ3v) is 8.10. The summed E-state index contributed by atoms with van der Waals surface area (Å²) >= 11 is 0. The fourth-order valence-corrected chi connectivity index (χ4v) is 6.05. The van der Waals surface area contributed by atoms with Gasteiger partial charge in [0, 0.05) is 0 Å². The third kappa shape index (κ3) is 5.37. The van der Waals surface area contributed by atoms with Crippen LogP contribution >= 0.6 is 0 Å². The summed E-state index contributed by atoms with van der Waals surface area (Å²) in [5.41, 5.74) is 7.53. The molecular weight excluding hydrogens is 360 g/mol. The highest BCUT2D eigenvalue weighted by molar-refractivity contribution is 5.65. The normalized spacial score (nSPS) is 23.9. The van der Waals surface area contributed by atoms with E-state index in [0.717, 1.165) is 17.8 Å². The highest BCUT2D eigenvalue weighted by Crippen LogP contribution is 2.41. The SMILES string of the molecule is CCCCc1ccc(-c2ccc3c(c2)CCC(C2CCC(CCCC)CC2)C3)cc1. The molecule has 0 aromatic heterocycles. The molecule has 0 aliphatic heterocycles. The zero-order valence-corrected chi connectivity index (χ0v) is 19.5. The van der Waals surface area contributed by atoms with Crippen molar-refractivity contribution in [2.45, 2.75) is 97.3 Å². The van der Waals surface area contributed by atoms with Gasteiger partial charge in [-0.3, -0.25) is 0 Å². The van der Waals surface area contributed by atoms with Crippen molar-refractivity contribution in [3.63, 3.8) is 0 Å². The van der Waals surface area contributed by atoms with E-state index in [1.165, 1.54) is 100 Å². The summed E-state index contributed by atoms with van der Waals surface area (Å²) in [6.07, 6.45) is 18.1. The summed E-state index contributed by atoms with van der Waals surface area (Å²) in [6.45, 7) is 4.60. The van der Waals surface area contributed by atoms with Gasteiger partial charge in [0.2, 0.25) is 0 Å². The van der Waals surface area contributed by atoms with Gasteiger partial charge in [-0.1, -0.05) is 94.8 Å². The van der Waals surface area contributed by atoms with Crippen molar-refractivity contribution in [1.82, 2.24) is 0 Å². The van der Waals surface area contributed by atoms with Crippen LogP contribution in [0.3, 0.4) is 0 Å². The minimum Gasteiger partial charge on any atom is -0.0654 e. The van der Waals surface area contributed by atoms with Crippen LogP contribution in [0.25, 0.3) is 11.1 Å². The van der Waals surface area contributed by atoms with Gasteiger partial charge in [0.15, 0.2) is 0 Å². The van der Waals surface area contributed by atoms with E-state index in [1.54, 1.807) is 11.1 Å². The Bertz CT molecular complexity index is 776. The van der Waals surface area contributed by atoms with Crippen molar-refractivity contribution in [2.24, 2.45) is 17.8 Å². The Hall–Kier alpha value is -1.56. The molecule has 0 bridgehead atoms. The number of rotatable bonds is 8. The number of benzene rings is 2. The van der Waals surface area contributed by atoms with Gasteiger partial charge >= 0.3 is 0 Å². The van der Waals surface area contributed by atoms with Gasteiger partial charge < -0.3 is 0 Å². The molecule has 2 aromatic rings. The van der Waals surface area contributed by atoms with E-state index >= 15 is 0 Å². The monoisotopic (exact) mass is 402 g/mol. The lowest BCUT2D eigenvalue weighted by atomic mass is 9.69. The second kappa shape index (κ2) is 10.7. The number of hydrogen-bond acceptors (Lipinski definition) is 0. The average Bonchev–Trinajstić information content (AvgIpc) is 2.81. The van der Waals surface area contributed by atoms with E-state index < -0.39 is 0 Å². The van der Waals surface area contributed by atoms with Crippen LogP contribution in [0.15, 0.2) is 42.5 Å². The fourth-order valence-electron chi connectivity index (χ4n) is 6.05. The molecule has 1 saturated carbocycles. The molecule has 2 aliphatic rings. The number of fused-ring (bicyclic) bond motifs is 1. The molecule has 4 rings (SSSR count). The quantitative estimate of drug-likeness (QED) is 0.414. The number of hydrogen-bond donors (Lipinski definition) is 0. The molecule has 0 nitrogen and oxygen atoms in total. The Balaban J connectivity index is 1.35. The van der Waals surface area contributed by atoms with Gasteiger partial charge in [-0.05, 0) is 90.5 Å². The molecule has 162 valence electrons. The van der Waals surface area contributed by atoms with Crippen LogP contribution in [0.5, 0.6) is 0 Å². The molecule has 1 atom stereocenters. The van der Waals surface area contributed by atoms with Gasteiger partial charge in [-0.15, -0.1) is 0 Å². The van der Waals surface area contributed by atoms with Crippen molar-refractivity contribution < 1.29 is 0 Å². The predicted octanol–water partition coefficient (Wildman–Crippen LogP) is 8.80. The standard InChI is InChI=1S/C30H42/c1-3-5-7-23-9-13-25(14-10-23)27-17-19-30-22-28(18-20-29(30)21-27)26-15-11-24(12-16-26)8-6-4-2/h9-10,13-14,17,19,21,24,26,28H,3-8,11-12,15-16,18,20,22H2,1-2H3. The van der Waals surface area contributed by atoms with Crippen LogP contribution in [-0.4, -0.2) is 0 Å². The first-order valence-corrected chi connectivity index (χ1v) is 13.0. The van der Waals surface area contributed by atoms with Gasteiger partial charge in [-0.25, -0.2) is 0 Å². The van der Waals surface area contributed by atoms with Crippen molar-refractivity contribution in [3.05, 3.63) is 59.2 Å². The van der Waals surface area contributed by atoms with Gasteiger partial charge in [-0.2, -0.15) is 0 Å². The maximum atomic E-state index is 2.49. The van der Waals surface area contributed by atoms with Crippen LogP contribution in [-0.2, 0) is 19.3 Å². The lowest BCUT2D eigenvalue weighted by molar-refractivity contribution is 0.183. The second-order valence-electron chi connectivity index (χ2n) is 10.2. The minimum absolute atomic E-state index is 0.938. The summed E-state index contributed by atoms with van der Waals surface area (Å²) in [5.74, 6) is 2.97. The smallest absolute Gasteiger partial charge is 0.0181 e. The zero-order valence-electron chi connectivity index (χ0n) is 19.5. The Morgan fingerprint density at radius 2 is 1.43 bits per heavy atom. The van der Waals surface area contributed by atoms with Crippen molar-refractivity contribution in [3.8, 4) is 11.1 Å². The maximum Gasteiger partial charge on any atom is -0.0181 e. The molecule has 1 fully saturated rings. The Labute approximate surface area is 185 Å². The van der Waals surface area contributed by atoms with Crippen LogP contribution in [0.1, 0.15) is 94.7 Å². The molecule has 0 heterocycles. The summed E-state index contributed by atoms with van der Waals surface area (Å²) < 4.78 is 0. The molecule has 0 saturated heterocycles. The molecule has 0 N–H and O–H groups in total. The first-order chi connectivity index (χ1) is 14.8. The molecule has 0 amide bonds. The molecule has 2 aliphatic carbocycles. The molecule has 2 aromatic carbocycles. The minimum atomic E-state index is 0.938. The second-order valence-corrected chi connectivity index (χ2v) is 10.2. The molecule has 1 unspecified atom stereocenters. The summed E-state index contributed by atoms with van der Waals surface area (Å²) in [5, 5.41) is 0. The lowest BCUT2D eigenvalue weighted by Crippen LogP contribution is -2.26. The van der Waals surface area contributed by atoms with Crippen LogP contribution < -0.4 is 0 Å². The highest BCUT2D eigenvalue weighted by Gasteiger charge is 2.30. The number of aryl methyl sites for hydroxylation is 2. The molecule has 30 heavy (non-hydrogen) atoms. The molecule has 0 spiro atoms. The largest absolute Gasteiger partial charge is 0.0654 e. The van der Waals surface area contributed by atoms with E-state index in [0.29, 0.717) is 0 Å². The first kappa shape index (κ1) is 21.7. The molecule has 0 radical (unpaired) electrons. The highest BCUT2D eigenvalue weighted by atomic mass is 14.3. The lowest BCUT2D eigenvalue weighted by Gasteiger charge is -2.36. The third-order valence-electron chi connectivity index (χ3n) is 8.10. The first-order valence-electron chi connectivity index (χ1n) is 13.0. The Morgan fingerprint density at radius 3 is 2.17 bits per heavy atom. The molecule has 0 heteroatoms. The summed E-state index contributed by atoms with van der Waals surface area (Å²) in [7, 11) is 0. The maximum absolute atomic E-state index is 2.49. The average molecular weight is 403 g/mol. The Kier molecular flexibility index (Phi) is 7.69. The van der Waals surface area contributed by atoms with E-state index in [2.05, 4.69) is 56.3 Å². The van der Waals surface area contributed by atoms with Crippen LogP contribution in [0, 0.1) is 17.8 Å². The van der Waals surface area contributed by atoms with Gasteiger partial charge in [0.25, 0.3) is 0 Å². The molecular formula is C30H42. The van der Waals surface area contributed by atoms with Crippen LogP contribution in [0.4, 0.5) is 0 Å². The van der Waals surface area contributed by atoms with Crippen molar-refractivity contribution in [2.75, 3.05) is 0 Å². The van der Waals surface area contributed by atoms with Gasteiger partial charge in [0.1, 0.15) is 0 Å². The zero-order chi connectivity index (χ0) is 20.8. The van der Waals surface area contributed by atoms with E-state index in [9.17, 15) is 0 Å². The number of unbranched alkanes of at least 4 members (excludes halogenated alkanes) is 2. The van der Waals surface area contributed by atoms with E-state index in [1.807, 2.05) is 0 Å². The van der Waals surface area contributed by atoms with Crippen LogP contribution in [0.2, 0.25) is 0 Å². The fraction of sp³-hybridized carbons (Fsp3) is 0.600. The predicted molar refractivity (Wildman–Crippen MR) is 131 cm³/mol. The summed E-state index contributed by atoms with van der Waals surface area (Å²) in [4.78, 5) is 0.